The summed E-state index contributed by atoms with van der Waals surface area (Å²) in [5.74, 6) is 3.35. The third-order valence-corrected chi connectivity index (χ3v) is 5.10. The lowest BCUT2D eigenvalue weighted by atomic mass is 9.73. The highest BCUT2D eigenvalue weighted by molar-refractivity contribution is 5.28. The maximum absolute atomic E-state index is 5.24. The van der Waals surface area contributed by atoms with Crippen molar-refractivity contribution in [2.75, 3.05) is 7.11 Å². The van der Waals surface area contributed by atoms with E-state index in [2.05, 4.69) is 57.3 Å². The van der Waals surface area contributed by atoms with E-state index in [4.69, 9.17) is 4.74 Å². The van der Waals surface area contributed by atoms with Gasteiger partial charge in [0.05, 0.1) is 7.11 Å². The van der Waals surface area contributed by atoms with E-state index in [1.807, 2.05) is 0 Å². The van der Waals surface area contributed by atoms with E-state index in [0.29, 0.717) is 12.1 Å². The minimum Gasteiger partial charge on any atom is -0.497 e. The van der Waals surface area contributed by atoms with Crippen LogP contribution in [0.4, 0.5) is 0 Å². The second-order valence-electron chi connectivity index (χ2n) is 7.09. The van der Waals surface area contributed by atoms with Gasteiger partial charge < -0.3 is 10.1 Å². The number of ether oxygens (including phenoxy) is 1. The fraction of sp³-hybridized carbons (Fsp3) is 0.684. The molecule has 1 saturated carbocycles. The summed E-state index contributed by atoms with van der Waals surface area (Å²) in [5.41, 5.74) is 1.34. The van der Waals surface area contributed by atoms with Crippen molar-refractivity contribution in [3.8, 4) is 5.75 Å². The molecule has 1 aliphatic rings. The lowest BCUT2D eigenvalue weighted by Crippen LogP contribution is -2.43. The second-order valence-corrected chi connectivity index (χ2v) is 7.09. The van der Waals surface area contributed by atoms with Gasteiger partial charge >= 0.3 is 0 Å². The maximum atomic E-state index is 5.24. The molecule has 0 radical (unpaired) electrons. The van der Waals surface area contributed by atoms with E-state index in [1.54, 1.807) is 7.11 Å². The number of nitrogens with one attached hydrogen (secondary N) is 1. The van der Waals surface area contributed by atoms with Gasteiger partial charge in [-0.15, -0.1) is 0 Å². The fourth-order valence-corrected chi connectivity index (χ4v) is 3.70. The maximum Gasteiger partial charge on any atom is 0.118 e. The highest BCUT2D eigenvalue weighted by Gasteiger charge is 2.31. The van der Waals surface area contributed by atoms with E-state index in [0.717, 1.165) is 23.5 Å². The van der Waals surface area contributed by atoms with Crippen LogP contribution in [0.2, 0.25) is 0 Å². The Hall–Kier alpha value is -1.02. The van der Waals surface area contributed by atoms with Crippen LogP contribution >= 0.6 is 0 Å². The average molecular weight is 289 g/mol. The SMILES string of the molecule is COc1ccc([C@@H](C)NC2CC(C)CCC2C(C)C)cc1. The number of benzene rings is 1. The highest BCUT2D eigenvalue weighted by Crippen LogP contribution is 2.34. The number of hydrogen-bond acceptors (Lipinski definition) is 2. The first kappa shape index (κ1) is 16.4. The van der Waals surface area contributed by atoms with Gasteiger partial charge in [0.1, 0.15) is 5.75 Å². The van der Waals surface area contributed by atoms with Crippen LogP contribution in [0.1, 0.15) is 58.6 Å². The van der Waals surface area contributed by atoms with Gasteiger partial charge in [-0.3, -0.25) is 0 Å². The molecular weight excluding hydrogens is 258 g/mol. The van der Waals surface area contributed by atoms with E-state index in [9.17, 15) is 0 Å². The van der Waals surface area contributed by atoms with E-state index < -0.39 is 0 Å². The Morgan fingerprint density at radius 1 is 1.10 bits per heavy atom. The first-order valence-electron chi connectivity index (χ1n) is 8.41. The molecule has 118 valence electrons. The first-order chi connectivity index (χ1) is 10.0. The molecule has 4 atom stereocenters. The molecule has 0 saturated heterocycles. The van der Waals surface area contributed by atoms with Gasteiger partial charge in [-0.1, -0.05) is 39.3 Å². The van der Waals surface area contributed by atoms with Crippen molar-refractivity contribution < 1.29 is 4.74 Å². The van der Waals surface area contributed by atoms with E-state index in [-0.39, 0.29) is 0 Å². The largest absolute Gasteiger partial charge is 0.497 e. The van der Waals surface area contributed by atoms with Gasteiger partial charge in [0.25, 0.3) is 0 Å². The van der Waals surface area contributed by atoms with Crippen LogP contribution in [0.15, 0.2) is 24.3 Å². The van der Waals surface area contributed by atoms with Gasteiger partial charge in [0.15, 0.2) is 0 Å². The Labute approximate surface area is 130 Å². The van der Waals surface area contributed by atoms with Crippen molar-refractivity contribution >= 4 is 0 Å². The Morgan fingerprint density at radius 2 is 1.76 bits per heavy atom. The summed E-state index contributed by atoms with van der Waals surface area (Å²) in [7, 11) is 1.72. The molecule has 2 rings (SSSR count). The molecule has 2 heteroatoms. The molecule has 0 aliphatic heterocycles. The molecule has 0 spiro atoms. The highest BCUT2D eigenvalue weighted by atomic mass is 16.5. The molecule has 1 aromatic carbocycles. The van der Waals surface area contributed by atoms with Crippen molar-refractivity contribution in [1.29, 1.82) is 0 Å². The normalized spacial score (nSPS) is 27.6. The van der Waals surface area contributed by atoms with Crippen molar-refractivity contribution in [2.45, 2.75) is 59.0 Å². The van der Waals surface area contributed by atoms with Gasteiger partial charge in [0.2, 0.25) is 0 Å². The van der Waals surface area contributed by atoms with Gasteiger partial charge in [-0.2, -0.15) is 0 Å². The van der Waals surface area contributed by atoms with Crippen LogP contribution in [0.3, 0.4) is 0 Å². The minimum absolute atomic E-state index is 0.396. The zero-order valence-electron chi connectivity index (χ0n) is 14.2. The number of rotatable bonds is 5. The summed E-state index contributed by atoms with van der Waals surface area (Å²) in [5, 5.41) is 3.89. The zero-order chi connectivity index (χ0) is 15.4. The third-order valence-electron chi connectivity index (χ3n) is 5.10. The molecule has 21 heavy (non-hydrogen) atoms. The lowest BCUT2D eigenvalue weighted by molar-refractivity contribution is 0.161. The van der Waals surface area contributed by atoms with Gasteiger partial charge in [-0.25, -0.2) is 0 Å². The summed E-state index contributed by atoms with van der Waals surface area (Å²) in [4.78, 5) is 0. The average Bonchev–Trinajstić information content (AvgIpc) is 2.47. The summed E-state index contributed by atoms with van der Waals surface area (Å²) < 4.78 is 5.24. The van der Waals surface area contributed by atoms with Crippen molar-refractivity contribution in [3.05, 3.63) is 29.8 Å². The quantitative estimate of drug-likeness (QED) is 0.840. The first-order valence-corrected chi connectivity index (χ1v) is 8.41. The third kappa shape index (κ3) is 4.23. The molecular formula is C19H31NO. The van der Waals surface area contributed by atoms with Crippen LogP contribution in [-0.2, 0) is 0 Å². The molecule has 0 bridgehead atoms. The predicted molar refractivity (Wildman–Crippen MR) is 89.7 cm³/mol. The number of hydrogen-bond donors (Lipinski definition) is 1. The van der Waals surface area contributed by atoms with Gasteiger partial charge in [-0.05, 0) is 55.2 Å². The molecule has 1 aromatic rings. The molecule has 2 nitrogen and oxygen atoms in total. The van der Waals surface area contributed by atoms with Crippen LogP contribution < -0.4 is 10.1 Å². The summed E-state index contributed by atoms with van der Waals surface area (Å²) in [6, 6.07) is 9.49. The summed E-state index contributed by atoms with van der Waals surface area (Å²) >= 11 is 0. The Kier molecular flexibility index (Phi) is 5.69. The Morgan fingerprint density at radius 3 is 2.33 bits per heavy atom. The van der Waals surface area contributed by atoms with E-state index >= 15 is 0 Å². The van der Waals surface area contributed by atoms with Crippen molar-refractivity contribution in [3.63, 3.8) is 0 Å². The molecule has 0 heterocycles. The Bertz CT molecular complexity index is 426. The lowest BCUT2D eigenvalue weighted by Gasteiger charge is -2.39. The van der Waals surface area contributed by atoms with Crippen LogP contribution in [0.5, 0.6) is 5.75 Å². The molecule has 1 N–H and O–H groups in total. The Balaban J connectivity index is 2.02. The summed E-state index contributed by atoms with van der Waals surface area (Å²) in [6.07, 6.45) is 4.06. The minimum atomic E-state index is 0.396. The topological polar surface area (TPSA) is 21.3 Å². The summed E-state index contributed by atoms with van der Waals surface area (Å²) in [6.45, 7) is 9.41. The molecule has 0 aromatic heterocycles. The standard InChI is InChI=1S/C19H31NO/c1-13(2)18-11-6-14(3)12-19(18)20-15(4)16-7-9-17(21-5)10-8-16/h7-10,13-15,18-20H,6,11-12H2,1-5H3/t14?,15-,18?,19?/m1/s1. The fourth-order valence-electron chi connectivity index (χ4n) is 3.70. The van der Waals surface area contributed by atoms with Gasteiger partial charge in [0, 0.05) is 12.1 Å². The second kappa shape index (κ2) is 7.31. The zero-order valence-corrected chi connectivity index (χ0v) is 14.2. The molecule has 1 fully saturated rings. The molecule has 3 unspecified atom stereocenters. The van der Waals surface area contributed by atoms with Crippen molar-refractivity contribution in [2.24, 2.45) is 17.8 Å². The van der Waals surface area contributed by atoms with Crippen LogP contribution in [0.25, 0.3) is 0 Å². The molecule has 1 aliphatic carbocycles. The number of methoxy groups -OCH3 is 1. The monoisotopic (exact) mass is 289 g/mol. The van der Waals surface area contributed by atoms with Crippen LogP contribution in [-0.4, -0.2) is 13.2 Å². The van der Waals surface area contributed by atoms with Crippen molar-refractivity contribution in [1.82, 2.24) is 5.32 Å². The van der Waals surface area contributed by atoms with E-state index in [1.165, 1.54) is 24.8 Å². The smallest absolute Gasteiger partial charge is 0.118 e. The predicted octanol–water partition coefficient (Wildman–Crippen LogP) is 4.81. The van der Waals surface area contributed by atoms with Crippen LogP contribution in [0, 0.1) is 17.8 Å². The molecule has 0 amide bonds.